The summed E-state index contributed by atoms with van der Waals surface area (Å²) in [6.07, 6.45) is 0. The van der Waals surface area contributed by atoms with Crippen LogP contribution in [-0.4, -0.2) is 19.2 Å². The van der Waals surface area contributed by atoms with Crippen LogP contribution in [0.3, 0.4) is 0 Å². The Balaban J connectivity index is 1.82. The predicted octanol–water partition coefficient (Wildman–Crippen LogP) is 2.47. The molecule has 0 spiro atoms. The van der Waals surface area contributed by atoms with Crippen LogP contribution in [0.5, 0.6) is 0 Å². The molecule has 8 heteroatoms. The summed E-state index contributed by atoms with van der Waals surface area (Å²) < 4.78 is 29.8. The first-order chi connectivity index (χ1) is 12.0. The molecule has 1 N–H and O–H groups in total. The maximum Gasteiger partial charge on any atom is 0.262 e. The van der Waals surface area contributed by atoms with Gasteiger partial charge in [-0.25, -0.2) is 8.78 Å². The van der Waals surface area contributed by atoms with Crippen molar-refractivity contribution in [2.75, 3.05) is 5.32 Å². The predicted molar refractivity (Wildman–Crippen MR) is 89.4 cm³/mol. The lowest BCUT2D eigenvalue weighted by molar-refractivity contribution is 0.584. The van der Waals surface area contributed by atoms with Crippen LogP contribution in [0.4, 0.5) is 14.5 Å². The monoisotopic (exact) mass is 341 g/mol. The van der Waals surface area contributed by atoms with Crippen LogP contribution < -0.4 is 10.9 Å². The Kier molecular flexibility index (Phi) is 3.45. The molecule has 0 bridgehead atoms. The summed E-state index contributed by atoms with van der Waals surface area (Å²) in [7, 11) is 1.62. The average molecular weight is 341 g/mol. The van der Waals surface area contributed by atoms with Gasteiger partial charge in [0.2, 0.25) is 5.78 Å². The van der Waals surface area contributed by atoms with E-state index in [0.29, 0.717) is 28.2 Å². The lowest BCUT2D eigenvalue weighted by Crippen LogP contribution is -2.20. The van der Waals surface area contributed by atoms with E-state index in [-0.39, 0.29) is 12.1 Å². The zero-order valence-electron chi connectivity index (χ0n) is 13.2. The fraction of sp³-hybridized carbons (Fsp3) is 0.118. The normalized spacial score (nSPS) is 11.3. The summed E-state index contributed by atoms with van der Waals surface area (Å²) in [6.45, 7) is 0.187. The molecular weight excluding hydrogens is 328 g/mol. The molecule has 6 nitrogen and oxygen atoms in total. The molecule has 4 rings (SSSR count). The Morgan fingerprint density at radius 1 is 1.08 bits per heavy atom. The zero-order valence-corrected chi connectivity index (χ0v) is 13.2. The Morgan fingerprint density at radius 2 is 1.80 bits per heavy atom. The topological polar surface area (TPSA) is 64.2 Å². The van der Waals surface area contributed by atoms with Gasteiger partial charge in [0.15, 0.2) is 5.82 Å². The lowest BCUT2D eigenvalue weighted by atomic mass is 10.2. The van der Waals surface area contributed by atoms with E-state index in [1.54, 1.807) is 29.6 Å². The van der Waals surface area contributed by atoms with Gasteiger partial charge in [0.25, 0.3) is 5.56 Å². The number of anilines is 1. The highest BCUT2D eigenvalue weighted by Crippen LogP contribution is 2.16. The highest BCUT2D eigenvalue weighted by Gasteiger charge is 2.14. The van der Waals surface area contributed by atoms with Gasteiger partial charge in [0, 0.05) is 18.8 Å². The molecule has 2 heterocycles. The van der Waals surface area contributed by atoms with Crippen molar-refractivity contribution in [3.63, 3.8) is 0 Å². The van der Waals surface area contributed by atoms with Crippen LogP contribution >= 0.6 is 0 Å². The molecule has 2 aromatic carbocycles. The Morgan fingerprint density at radius 3 is 2.56 bits per heavy atom. The molecule has 0 amide bonds. The first-order valence-corrected chi connectivity index (χ1v) is 7.56. The van der Waals surface area contributed by atoms with Crippen molar-refractivity contribution < 1.29 is 8.78 Å². The summed E-state index contributed by atoms with van der Waals surface area (Å²) in [5, 5.41) is 11.6. The minimum absolute atomic E-state index is 0.165. The molecule has 25 heavy (non-hydrogen) atoms. The van der Waals surface area contributed by atoms with Crippen LogP contribution in [0.15, 0.2) is 47.3 Å². The van der Waals surface area contributed by atoms with Gasteiger partial charge in [0.05, 0.1) is 17.4 Å². The number of fused-ring (bicyclic) bond motifs is 3. The summed E-state index contributed by atoms with van der Waals surface area (Å²) in [5.74, 6) is -0.416. The van der Waals surface area contributed by atoms with Crippen molar-refractivity contribution >= 4 is 22.4 Å². The van der Waals surface area contributed by atoms with Crippen molar-refractivity contribution in [1.29, 1.82) is 0 Å². The molecule has 0 saturated carbocycles. The van der Waals surface area contributed by atoms with Gasteiger partial charge in [0.1, 0.15) is 11.6 Å². The molecule has 0 aliphatic heterocycles. The van der Waals surface area contributed by atoms with E-state index in [0.717, 1.165) is 6.07 Å². The zero-order chi connectivity index (χ0) is 17.6. The number of aromatic nitrogens is 4. The molecule has 0 unspecified atom stereocenters. The van der Waals surface area contributed by atoms with Gasteiger partial charge in [-0.15, -0.1) is 10.2 Å². The maximum atomic E-state index is 13.3. The third kappa shape index (κ3) is 2.51. The van der Waals surface area contributed by atoms with Crippen LogP contribution in [0, 0.1) is 11.6 Å². The van der Waals surface area contributed by atoms with Gasteiger partial charge in [-0.2, -0.15) is 0 Å². The Hall–Kier alpha value is -3.29. The highest BCUT2D eigenvalue weighted by molar-refractivity contribution is 5.80. The van der Waals surface area contributed by atoms with E-state index >= 15 is 0 Å². The maximum absolute atomic E-state index is 13.3. The van der Waals surface area contributed by atoms with Crippen LogP contribution in [-0.2, 0) is 13.6 Å². The van der Waals surface area contributed by atoms with Gasteiger partial charge < -0.3 is 5.32 Å². The van der Waals surface area contributed by atoms with Crippen LogP contribution in [0.2, 0.25) is 0 Å². The SMILES string of the molecule is Cn1c(=O)c2ccccc2n2c(CNc3cc(F)cc(F)c3)nnc12. The van der Waals surface area contributed by atoms with Gasteiger partial charge >= 0.3 is 0 Å². The van der Waals surface area contributed by atoms with E-state index in [1.165, 1.54) is 16.7 Å². The number of halogens is 2. The lowest BCUT2D eigenvalue weighted by Gasteiger charge is -2.09. The van der Waals surface area contributed by atoms with E-state index < -0.39 is 11.6 Å². The largest absolute Gasteiger partial charge is 0.378 e. The number of nitrogens with one attached hydrogen (secondary N) is 1. The molecule has 0 radical (unpaired) electrons. The molecule has 4 aromatic rings. The number of para-hydroxylation sites is 1. The second kappa shape index (κ2) is 5.66. The minimum Gasteiger partial charge on any atom is -0.378 e. The second-order valence-corrected chi connectivity index (χ2v) is 5.64. The van der Waals surface area contributed by atoms with Gasteiger partial charge in [-0.3, -0.25) is 13.8 Å². The molecule has 2 aromatic heterocycles. The van der Waals surface area contributed by atoms with Crippen LogP contribution in [0.25, 0.3) is 16.7 Å². The van der Waals surface area contributed by atoms with E-state index in [9.17, 15) is 13.6 Å². The number of hydrogen-bond donors (Lipinski definition) is 1. The number of nitrogens with zero attached hydrogens (tertiary/aromatic N) is 4. The average Bonchev–Trinajstić information content (AvgIpc) is 3.01. The third-order valence-electron chi connectivity index (χ3n) is 4.01. The van der Waals surface area contributed by atoms with Crippen molar-refractivity contribution in [2.24, 2.45) is 7.05 Å². The van der Waals surface area contributed by atoms with Crippen molar-refractivity contribution in [1.82, 2.24) is 19.2 Å². The fourth-order valence-corrected chi connectivity index (χ4v) is 2.84. The Labute approximate surface area is 140 Å². The van der Waals surface area contributed by atoms with Crippen molar-refractivity contribution in [2.45, 2.75) is 6.54 Å². The quantitative estimate of drug-likeness (QED) is 0.622. The summed E-state index contributed by atoms with van der Waals surface area (Å²) >= 11 is 0. The molecule has 0 fully saturated rings. The van der Waals surface area contributed by atoms with Gasteiger partial charge in [-0.1, -0.05) is 12.1 Å². The number of hydrogen-bond acceptors (Lipinski definition) is 4. The molecular formula is C17H13F2N5O. The number of aryl methyl sites for hydroxylation is 1. The standard InChI is InChI=1S/C17H13F2N5O/c1-23-16(25)13-4-2-3-5-14(13)24-15(21-22-17(23)24)9-20-12-7-10(18)6-11(19)8-12/h2-8,20H,9H2,1H3. The molecule has 0 aliphatic rings. The van der Waals surface area contributed by atoms with E-state index in [1.807, 2.05) is 6.07 Å². The first kappa shape index (κ1) is 15.3. The molecule has 0 atom stereocenters. The molecule has 0 saturated heterocycles. The Bertz CT molecular complexity index is 1140. The van der Waals surface area contributed by atoms with Crippen molar-refractivity contribution in [3.05, 3.63) is 70.3 Å². The number of rotatable bonds is 3. The van der Waals surface area contributed by atoms with Crippen LogP contribution in [0.1, 0.15) is 5.82 Å². The number of benzene rings is 2. The van der Waals surface area contributed by atoms with Crippen molar-refractivity contribution in [3.8, 4) is 0 Å². The summed E-state index contributed by atoms with van der Waals surface area (Å²) in [6, 6.07) is 10.3. The third-order valence-corrected chi connectivity index (χ3v) is 4.01. The smallest absolute Gasteiger partial charge is 0.262 e. The highest BCUT2D eigenvalue weighted by atomic mass is 19.1. The summed E-state index contributed by atoms with van der Waals surface area (Å²) in [4.78, 5) is 12.4. The molecule has 0 aliphatic carbocycles. The summed E-state index contributed by atoms with van der Waals surface area (Å²) in [5.41, 5.74) is 0.804. The molecule has 126 valence electrons. The fourth-order valence-electron chi connectivity index (χ4n) is 2.84. The minimum atomic E-state index is -0.665. The van der Waals surface area contributed by atoms with E-state index in [2.05, 4.69) is 15.5 Å². The first-order valence-electron chi connectivity index (χ1n) is 7.56. The van der Waals surface area contributed by atoms with E-state index in [4.69, 9.17) is 0 Å². The second-order valence-electron chi connectivity index (χ2n) is 5.64. The van der Waals surface area contributed by atoms with Gasteiger partial charge in [-0.05, 0) is 24.3 Å².